The van der Waals surface area contributed by atoms with Crippen molar-refractivity contribution in [2.24, 2.45) is 0 Å². The van der Waals surface area contributed by atoms with Crippen molar-refractivity contribution in [3.05, 3.63) is 15.6 Å². The van der Waals surface area contributed by atoms with Crippen LogP contribution in [0.2, 0.25) is 0 Å². The van der Waals surface area contributed by atoms with E-state index in [-0.39, 0.29) is 6.61 Å². The Bertz CT molecular complexity index is 302. The summed E-state index contributed by atoms with van der Waals surface area (Å²) in [6, 6.07) is 0. The maximum absolute atomic E-state index is 8.50. The van der Waals surface area contributed by atoms with Crippen LogP contribution in [-0.2, 0) is 11.3 Å². The Morgan fingerprint density at radius 2 is 2.19 bits per heavy atom. The summed E-state index contributed by atoms with van der Waals surface area (Å²) < 4.78 is 5.16. The predicted molar refractivity (Wildman–Crippen MR) is 65.8 cm³/mol. The maximum atomic E-state index is 8.50. The van der Waals surface area contributed by atoms with E-state index in [1.165, 1.54) is 4.88 Å². The number of rotatable bonds is 8. The largest absolute Gasteiger partial charge is 0.394 e. The van der Waals surface area contributed by atoms with Crippen LogP contribution in [0.5, 0.6) is 0 Å². The molecule has 0 atom stereocenters. The molecule has 2 N–H and O–H groups in total. The fourth-order valence-electron chi connectivity index (χ4n) is 1.41. The first-order valence-electron chi connectivity index (χ1n) is 5.56. The highest BCUT2D eigenvalue weighted by Crippen LogP contribution is 2.16. The normalized spacial score (nSPS) is 10.9. The summed E-state index contributed by atoms with van der Waals surface area (Å²) >= 11 is 1.75. The third kappa shape index (κ3) is 5.03. The number of aliphatic hydroxyl groups is 1. The number of hydrogen-bond acceptors (Lipinski definition) is 5. The Hall–Kier alpha value is -0.490. The quantitative estimate of drug-likeness (QED) is 0.676. The van der Waals surface area contributed by atoms with E-state index in [4.69, 9.17) is 9.84 Å². The first-order chi connectivity index (χ1) is 7.74. The van der Waals surface area contributed by atoms with Crippen molar-refractivity contribution < 1.29 is 9.84 Å². The zero-order chi connectivity index (χ0) is 11.8. The van der Waals surface area contributed by atoms with E-state index >= 15 is 0 Å². The van der Waals surface area contributed by atoms with Gasteiger partial charge in [-0.2, -0.15) is 0 Å². The molecule has 0 aromatic carbocycles. The second-order valence-electron chi connectivity index (χ2n) is 3.61. The lowest BCUT2D eigenvalue weighted by atomic mass is 10.4. The highest BCUT2D eigenvalue weighted by atomic mass is 32.1. The first-order valence-corrected chi connectivity index (χ1v) is 6.38. The molecule has 16 heavy (non-hydrogen) atoms. The van der Waals surface area contributed by atoms with Crippen molar-refractivity contribution in [1.82, 2.24) is 10.3 Å². The lowest BCUT2D eigenvalue weighted by Crippen LogP contribution is -2.16. The SMILES string of the molecule is Cc1nc(C)c(CNCCCOCCO)s1. The third-order valence-corrected chi connectivity index (χ3v) is 3.24. The minimum Gasteiger partial charge on any atom is -0.394 e. The van der Waals surface area contributed by atoms with Gasteiger partial charge in [-0.1, -0.05) is 0 Å². The van der Waals surface area contributed by atoms with E-state index in [2.05, 4.69) is 10.3 Å². The Labute approximate surface area is 101 Å². The Morgan fingerprint density at radius 3 is 2.81 bits per heavy atom. The average Bonchev–Trinajstić information content (AvgIpc) is 2.56. The topological polar surface area (TPSA) is 54.4 Å². The van der Waals surface area contributed by atoms with Crippen LogP contribution in [0.3, 0.4) is 0 Å². The molecule has 1 aromatic rings. The van der Waals surface area contributed by atoms with Crippen LogP contribution in [0.4, 0.5) is 0 Å². The zero-order valence-electron chi connectivity index (χ0n) is 9.95. The van der Waals surface area contributed by atoms with Crippen molar-refractivity contribution >= 4 is 11.3 Å². The lowest BCUT2D eigenvalue weighted by molar-refractivity contribution is 0.0907. The van der Waals surface area contributed by atoms with Crippen molar-refractivity contribution in [2.75, 3.05) is 26.4 Å². The molecule has 0 unspecified atom stereocenters. The van der Waals surface area contributed by atoms with Gasteiger partial charge in [-0.3, -0.25) is 0 Å². The lowest BCUT2D eigenvalue weighted by Gasteiger charge is -2.04. The second-order valence-corrected chi connectivity index (χ2v) is 4.90. The number of aliphatic hydroxyl groups excluding tert-OH is 1. The standard InChI is InChI=1S/C11H20N2O2S/c1-9-11(16-10(2)13-9)8-12-4-3-6-15-7-5-14/h12,14H,3-8H2,1-2H3. The summed E-state index contributed by atoms with van der Waals surface area (Å²) in [7, 11) is 0. The molecule has 0 radical (unpaired) electrons. The minimum atomic E-state index is 0.104. The summed E-state index contributed by atoms with van der Waals surface area (Å²) in [6.07, 6.45) is 0.969. The maximum Gasteiger partial charge on any atom is 0.0900 e. The molecule has 4 nitrogen and oxygen atoms in total. The highest BCUT2D eigenvalue weighted by molar-refractivity contribution is 7.11. The summed E-state index contributed by atoms with van der Waals surface area (Å²) in [5.74, 6) is 0. The van der Waals surface area contributed by atoms with Gasteiger partial charge < -0.3 is 15.2 Å². The van der Waals surface area contributed by atoms with E-state index in [1.54, 1.807) is 11.3 Å². The number of hydrogen-bond donors (Lipinski definition) is 2. The molecule has 5 heteroatoms. The van der Waals surface area contributed by atoms with E-state index in [0.29, 0.717) is 13.2 Å². The van der Waals surface area contributed by atoms with Gasteiger partial charge in [-0.05, 0) is 26.8 Å². The molecule has 0 aliphatic rings. The number of thiazole rings is 1. The van der Waals surface area contributed by atoms with Gasteiger partial charge >= 0.3 is 0 Å². The minimum absolute atomic E-state index is 0.104. The van der Waals surface area contributed by atoms with Gasteiger partial charge in [0, 0.05) is 18.0 Å². The molecule has 0 aliphatic carbocycles. The number of aryl methyl sites for hydroxylation is 2. The van der Waals surface area contributed by atoms with Crippen molar-refractivity contribution in [3.8, 4) is 0 Å². The van der Waals surface area contributed by atoms with Gasteiger partial charge in [-0.25, -0.2) is 4.98 Å². The number of nitrogens with zero attached hydrogens (tertiary/aromatic N) is 1. The van der Waals surface area contributed by atoms with Gasteiger partial charge in [0.05, 0.1) is 23.9 Å². The predicted octanol–water partition coefficient (Wildman–Crippen LogP) is 1.25. The molecule has 1 heterocycles. The Kier molecular flexibility index (Phi) is 6.56. The smallest absolute Gasteiger partial charge is 0.0900 e. The zero-order valence-corrected chi connectivity index (χ0v) is 10.8. The van der Waals surface area contributed by atoms with Crippen molar-refractivity contribution in [1.29, 1.82) is 0 Å². The molecule has 92 valence electrons. The Balaban J connectivity index is 2.05. The van der Waals surface area contributed by atoms with Gasteiger partial charge in [0.1, 0.15) is 0 Å². The van der Waals surface area contributed by atoms with Crippen LogP contribution in [0, 0.1) is 13.8 Å². The highest BCUT2D eigenvalue weighted by Gasteiger charge is 2.03. The summed E-state index contributed by atoms with van der Waals surface area (Å²) in [4.78, 5) is 5.69. The van der Waals surface area contributed by atoms with Gasteiger partial charge in [0.15, 0.2) is 0 Å². The number of ether oxygens (including phenoxy) is 1. The summed E-state index contributed by atoms with van der Waals surface area (Å²) in [5, 5.41) is 13.0. The molecule has 0 spiro atoms. The fraction of sp³-hybridized carbons (Fsp3) is 0.727. The van der Waals surface area contributed by atoms with E-state index in [1.807, 2.05) is 13.8 Å². The monoisotopic (exact) mass is 244 g/mol. The molecule has 0 aliphatic heterocycles. The first kappa shape index (κ1) is 13.6. The van der Waals surface area contributed by atoms with Crippen molar-refractivity contribution in [2.45, 2.75) is 26.8 Å². The van der Waals surface area contributed by atoms with Crippen LogP contribution >= 0.6 is 11.3 Å². The number of aromatic nitrogens is 1. The molecule has 0 fully saturated rings. The molecule has 0 saturated heterocycles. The van der Waals surface area contributed by atoms with Crippen LogP contribution < -0.4 is 5.32 Å². The molecule has 1 rings (SSSR count). The molecular weight excluding hydrogens is 224 g/mol. The fourth-order valence-corrected chi connectivity index (χ4v) is 2.31. The molecule has 0 saturated carbocycles. The van der Waals surface area contributed by atoms with E-state index < -0.39 is 0 Å². The van der Waals surface area contributed by atoms with Crippen LogP contribution in [-0.4, -0.2) is 36.5 Å². The van der Waals surface area contributed by atoms with Crippen molar-refractivity contribution in [3.63, 3.8) is 0 Å². The second kappa shape index (κ2) is 7.73. The summed E-state index contributed by atoms with van der Waals surface area (Å²) in [6.45, 7) is 7.14. The summed E-state index contributed by atoms with van der Waals surface area (Å²) in [5.41, 5.74) is 1.13. The van der Waals surface area contributed by atoms with Gasteiger partial charge in [0.25, 0.3) is 0 Å². The average molecular weight is 244 g/mol. The Morgan fingerprint density at radius 1 is 1.38 bits per heavy atom. The number of nitrogens with one attached hydrogen (secondary N) is 1. The molecule has 1 aromatic heterocycles. The molecule has 0 amide bonds. The van der Waals surface area contributed by atoms with E-state index in [0.717, 1.165) is 30.2 Å². The van der Waals surface area contributed by atoms with Gasteiger partial charge in [0.2, 0.25) is 0 Å². The molecule has 0 bridgehead atoms. The van der Waals surface area contributed by atoms with E-state index in [9.17, 15) is 0 Å². The van der Waals surface area contributed by atoms with Crippen LogP contribution in [0.25, 0.3) is 0 Å². The molecular formula is C11H20N2O2S. The van der Waals surface area contributed by atoms with Crippen LogP contribution in [0.1, 0.15) is 22.0 Å². The third-order valence-electron chi connectivity index (χ3n) is 2.16. The van der Waals surface area contributed by atoms with Crippen LogP contribution in [0.15, 0.2) is 0 Å². The van der Waals surface area contributed by atoms with Gasteiger partial charge in [-0.15, -0.1) is 11.3 Å².